The van der Waals surface area contributed by atoms with Crippen LogP contribution in [0.5, 0.6) is 0 Å². The number of carboxylic acid groups (broad SMARTS) is 1. The van der Waals surface area contributed by atoms with Gasteiger partial charge in [-0.15, -0.1) is 0 Å². The van der Waals surface area contributed by atoms with Crippen LogP contribution >= 0.6 is 0 Å². The van der Waals surface area contributed by atoms with Crippen molar-refractivity contribution in [1.82, 2.24) is 0 Å². The number of nitro benzene ring substituents is 1. The predicted molar refractivity (Wildman–Crippen MR) is 83.7 cm³/mol. The fraction of sp³-hybridized carbons (Fsp3) is 0.462. The maximum atomic E-state index is 11.2. The van der Waals surface area contributed by atoms with E-state index in [1.54, 1.807) is 0 Å². The van der Waals surface area contributed by atoms with E-state index in [2.05, 4.69) is 5.32 Å². The van der Waals surface area contributed by atoms with Gasteiger partial charge in [0.15, 0.2) is 0 Å². The average molecular weight is 345 g/mol. The molecule has 1 rings (SSSR count). The first-order valence-electron chi connectivity index (χ1n) is 6.98. The highest BCUT2D eigenvalue weighted by Crippen LogP contribution is 2.27. The van der Waals surface area contributed by atoms with Crippen LogP contribution in [0.2, 0.25) is 0 Å². The number of nitrogens with two attached hydrogens (primary N) is 1. The molecule has 1 aromatic rings. The molecule has 0 unspecified atom stereocenters. The number of primary sulfonamides is 1. The predicted octanol–water partition coefficient (Wildman–Crippen LogP) is 1.69. The molecule has 0 heterocycles. The Morgan fingerprint density at radius 1 is 1.26 bits per heavy atom. The van der Waals surface area contributed by atoms with Gasteiger partial charge in [0.25, 0.3) is 5.69 Å². The van der Waals surface area contributed by atoms with Crippen molar-refractivity contribution in [3.05, 3.63) is 28.3 Å². The van der Waals surface area contributed by atoms with Crippen molar-refractivity contribution in [1.29, 1.82) is 0 Å². The number of sulfonamides is 1. The lowest BCUT2D eigenvalue weighted by molar-refractivity contribution is -0.384. The van der Waals surface area contributed by atoms with E-state index in [0.717, 1.165) is 18.9 Å². The lowest BCUT2D eigenvalue weighted by atomic mass is 10.1. The van der Waals surface area contributed by atoms with Crippen LogP contribution in [0.4, 0.5) is 11.4 Å². The lowest BCUT2D eigenvalue weighted by Crippen LogP contribution is -2.13. The molecule has 0 atom stereocenters. The molecule has 23 heavy (non-hydrogen) atoms. The van der Waals surface area contributed by atoms with Crippen molar-refractivity contribution in [2.24, 2.45) is 5.14 Å². The molecule has 0 aliphatic carbocycles. The highest BCUT2D eigenvalue weighted by Gasteiger charge is 2.18. The number of hydrogen-bond acceptors (Lipinski definition) is 6. The number of nitrogens with zero attached hydrogens (tertiary/aromatic N) is 1. The molecule has 0 aromatic heterocycles. The molecule has 0 aliphatic heterocycles. The Bertz CT molecular complexity index is 674. The number of anilines is 1. The summed E-state index contributed by atoms with van der Waals surface area (Å²) in [6.45, 7) is 0.461. The van der Waals surface area contributed by atoms with Gasteiger partial charge in [0.05, 0.1) is 9.82 Å². The van der Waals surface area contributed by atoms with Gasteiger partial charge in [-0.2, -0.15) is 0 Å². The topological polar surface area (TPSA) is 153 Å². The standard InChI is InChI=1S/C13H19N3O6S/c14-23(21,22)10-6-7-11(12(9-10)16(19)20)15-8-4-2-1-3-5-13(17)18/h6-7,9,15H,1-5,8H2,(H,17,18)(H2,14,21,22). The summed E-state index contributed by atoms with van der Waals surface area (Å²) in [4.78, 5) is 20.4. The number of rotatable bonds is 10. The smallest absolute Gasteiger partial charge is 0.303 e. The minimum Gasteiger partial charge on any atom is -0.481 e. The zero-order valence-corrected chi connectivity index (χ0v) is 13.2. The maximum Gasteiger partial charge on any atom is 0.303 e. The zero-order chi connectivity index (χ0) is 17.5. The van der Waals surface area contributed by atoms with Crippen LogP contribution < -0.4 is 10.5 Å². The minimum absolute atomic E-state index is 0.133. The van der Waals surface area contributed by atoms with Crippen molar-refractivity contribution in [2.45, 2.75) is 37.0 Å². The molecular weight excluding hydrogens is 326 g/mol. The molecule has 0 bridgehead atoms. The second-order valence-electron chi connectivity index (χ2n) is 4.97. The largest absolute Gasteiger partial charge is 0.481 e. The fourth-order valence-corrected chi connectivity index (χ4v) is 2.50. The van der Waals surface area contributed by atoms with Gasteiger partial charge in [0, 0.05) is 19.0 Å². The normalized spacial score (nSPS) is 11.2. The summed E-state index contributed by atoms with van der Waals surface area (Å²) >= 11 is 0. The van der Waals surface area contributed by atoms with E-state index in [1.165, 1.54) is 12.1 Å². The molecule has 4 N–H and O–H groups in total. The Balaban J connectivity index is 2.57. The Morgan fingerprint density at radius 3 is 2.48 bits per heavy atom. The number of aliphatic carboxylic acids is 1. The number of nitro groups is 1. The molecule has 0 saturated heterocycles. The summed E-state index contributed by atoms with van der Waals surface area (Å²) < 4.78 is 22.4. The van der Waals surface area contributed by atoms with E-state index in [-0.39, 0.29) is 22.7 Å². The first-order valence-corrected chi connectivity index (χ1v) is 8.53. The van der Waals surface area contributed by atoms with E-state index in [1.807, 2.05) is 0 Å². The molecule has 1 aromatic carbocycles. The molecule has 0 fully saturated rings. The Morgan fingerprint density at radius 2 is 1.91 bits per heavy atom. The van der Waals surface area contributed by atoms with Gasteiger partial charge in [0.2, 0.25) is 10.0 Å². The zero-order valence-electron chi connectivity index (χ0n) is 12.4. The summed E-state index contributed by atoms with van der Waals surface area (Å²) in [7, 11) is -4.00. The van der Waals surface area contributed by atoms with Crippen molar-refractivity contribution < 1.29 is 23.2 Å². The Labute approximate surface area is 133 Å². The molecule has 0 radical (unpaired) electrons. The fourth-order valence-electron chi connectivity index (χ4n) is 1.97. The molecular formula is C13H19N3O6S. The molecule has 10 heteroatoms. The van der Waals surface area contributed by atoms with Crippen molar-refractivity contribution in [3.8, 4) is 0 Å². The third-order valence-electron chi connectivity index (χ3n) is 3.13. The summed E-state index contributed by atoms with van der Waals surface area (Å²) in [5.41, 5.74) is -0.143. The van der Waals surface area contributed by atoms with E-state index in [0.29, 0.717) is 19.4 Å². The van der Waals surface area contributed by atoms with Crippen LogP contribution in [0.1, 0.15) is 32.1 Å². The van der Waals surface area contributed by atoms with E-state index in [9.17, 15) is 23.3 Å². The Hall–Kier alpha value is -2.20. The number of nitrogens with one attached hydrogen (secondary N) is 1. The van der Waals surface area contributed by atoms with Gasteiger partial charge in [0.1, 0.15) is 5.69 Å². The maximum absolute atomic E-state index is 11.2. The van der Waals surface area contributed by atoms with Crippen LogP contribution in [0.25, 0.3) is 0 Å². The van der Waals surface area contributed by atoms with Crippen LogP contribution in [0, 0.1) is 10.1 Å². The van der Waals surface area contributed by atoms with Crippen LogP contribution in [-0.4, -0.2) is 31.0 Å². The van der Waals surface area contributed by atoms with E-state index in [4.69, 9.17) is 10.2 Å². The van der Waals surface area contributed by atoms with Gasteiger partial charge in [-0.05, 0) is 25.0 Å². The van der Waals surface area contributed by atoms with E-state index >= 15 is 0 Å². The van der Waals surface area contributed by atoms with Gasteiger partial charge >= 0.3 is 5.97 Å². The minimum atomic E-state index is -4.00. The molecule has 0 saturated carbocycles. The second-order valence-corrected chi connectivity index (χ2v) is 6.53. The van der Waals surface area contributed by atoms with Crippen molar-refractivity contribution >= 4 is 27.4 Å². The monoisotopic (exact) mass is 345 g/mol. The van der Waals surface area contributed by atoms with Crippen molar-refractivity contribution in [3.63, 3.8) is 0 Å². The molecule has 0 amide bonds. The number of benzene rings is 1. The first kappa shape index (κ1) is 18.8. The SMILES string of the molecule is NS(=O)(=O)c1ccc(NCCCCCCC(=O)O)c([N+](=O)[O-])c1. The lowest BCUT2D eigenvalue weighted by Gasteiger charge is -2.08. The highest BCUT2D eigenvalue weighted by molar-refractivity contribution is 7.89. The molecule has 0 aliphatic rings. The highest BCUT2D eigenvalue weighted by atomic mass is 32.2. The second kappa shape index (κ2) is 8.44. The summed E-state index contributed by atoms with van der Waals surface area (Å²) in [6.07, 6.45) is 3.00. The van der Waals surface area contributed by atoms with Crippen LogP contribution in [0.15, 0.2) is 23.1 Å². The van der Waals surface area contributed by atoms with E-state index < -0.39 is 20.9 Å². The average Bonchev–Trinajstić information content (AvgIpc) is 2.44. The molecule has 0 spiro atoms. The quantitative estimate of drug-likeness (QED) is 0.331. The number of unbranched alkanes of at least 4 members (excludes halogenated alkanes) is 3. The Kier molecular flexibility index (Phi) is 6.91. The van der Waals surface area contributed by atoms with Crippen LogP contribution in [-0.2, 0) is 14.8 Å². The van der Waals surface area contributed by atoms with Gasteiger partial charge < -0.3 is 10.4 Å². The third kappa shape index (κ3) is 6.61. The number of carbonyl (C=O) groups is 1. The van der Waals surface area contributed by atoms with Crippen LogP contribution in [0.3, 0.4) is 0 Å². The van der Waals surface area contributed by atoms with Gasteiger partial charge in [-0.3, -0.25) is 14.9 Å². The molecule has 9 nitrogen and oxygen atoms in total. The van der Waals surface area contributed by atoms with Crippen molar-refractivity contribution in [2.75, 3.05) is 11.9 Å². The summed E-state index contributed by atoms with van der Waals surface area (Å²) in [5, 5.41) is 27.3. The summed E-state index contributed by atoms with van der Waals surface area (Å²) in [5.74, 6) is -0.825. The number of carboxylic acids is 1. The van der Waals surface area contributed by atoms with Gasteiger partial charge in [-0.1, -0.05) is 12.8 Å². The third-order valence-corrected chi connectivity index (χ3v) is 4.04. The molecule has 128 valence electrons. The van der Waals surface area contributed by atoms with Gasteiger partial charge in [-0.25, -0.2) is 13.6 Å². The summed E-state index contributed by atoms with van der Waals surface area (Å²) in [6, 6.07) is 3.43. The first-order chi connectivity index (χ1) is 10.7. The number of hydrogen-bond donors (Lipinski definition) is 3.